The molecule has 0 saturated carbocycles. The molecule has 7 heteroatoms. The summed E-state index contributed by atoms with van der Waals surface area (Å²) >= 11 is 1.76. The van der Waals surface area contributed by atoms with Crippen molar-refractivity contribution in [3.8, 4) is 0 Å². The molecule has 2 rings (SSSR count). The van der Waals surface area contributed by atoms with Gasteiger partial charge in [-0.25, -0.2) is 4.79 Å². The van der Waals surface area contributed by atoms with E-state index in [2.05, 4.69) is 22.1 Å². The Labute approximate surface area is 122 Å². The minimum absolute atomic E-state index is 0.243. The number of fused-ring (bicyclic) bond motifs is 1. The summed E-state index contributed by atoms with van der Waals surface area (Å²) in [6, 6.07) is 1.63. The third-order valence-corrected chi connectivity index (χ3v) is 4.12. The van der Waals surface area contributed by atoms with Crippen molar-refractivity contribution >= 4 is 23.3 Å². The first-order valence-corrected chi connectivity index (χ1v) is 7.41. The van der Waals surface area contributed by atoms with Gasteiger partial charge in [0.25, 0.3) is 0 Å². The van der Waals surface area contributed by atoms with Crippen molar-refractivity contribution in [1.29, 1.82) is 0 Å². The van der Waals surface area contributed by atoms with Gasteiger partial charge in [-0.15, -0.1) is 11.3 Å². The third-order valence-electron chi connectivity index (χ3n) is 3.10. The molecule has 1 aliphatic heterocycles. The molecule has 2 N–H and O–H groups in total. The van der Waals surface area contributed by atoms with Gasteiger partial charge in [0.2, 0.25) is 5.91 Å². The highest BCUT2D eigenvalue weighted by Gasteiger charge is 2.19. The second-order valence-corrected chi connectivity index (χ2v) is 5.63. The Bertz CT molecular complexity index is 475. The molecule has 0 unspecified atom stereocenters. The van der Waals surface area contributed by atoms with Crippen LogP contribution in [0.4, 0.5) is 4.79 Å². The van der Waals surface area contributed by atoms with Crippen molar-refractivity contribution in [3.63, 3.8) is 0 Å². The van der Waals surface area contributed by atoms with E-state index >= 15 is 0 Å². The molecule has 0 radical (unpaired) electrons. The highest BCUT2D eigenvalue weighted by molar-refractivity contribution is 7.10. The van der Waals surface area contributed by atoms with E-state index < -0.39 is 6.03 Å². The number of carbonyl (C=O) groups is 2. The fraction of sp³-hybridized carbons (Fsp3) is 0.538. The number of amides is 3. The molecular formula is C13H19N3O3S. The van der Waals surface area contributed by atoms with Crippen molar-refractivity contribution in [2.75, 3.05) is 33.4 Å². The first-order valence-electron chi connectivity index (χ1n) is 6.53. The third kappa shape index (κ3) is 4.29. The summed E-state index contributed by atoms with van der Waals surface area (Å²) in [4.78, 5) is 26.6. The van der Waals surface area contributed by atoms with Crippen LogP contribution in [0.5, 0.6) is 0 Å². The molecule has 6 nitrogen and oxygen atoms in total. The van der Waals surface area contributed by atoms with Crippen molar-refractivity contribution in [2.24, 2.45) is 0 Å². The number of nitrogens with zero attached hydrogens (tertiary/aromatic N) is 1. The van der Waals surface area contributed by atoms with Gasteiger partial charge in [-0.2, -0.15) is 0 Å². The Hall–Kier alpha value is -1.44. The maximum atomic E-state index is 11.8. The van der Waals surface area contributed by atoms with Crippen molar-refractivity contribution in [2.45, 2.75) is 13.0 Å². The quantitative estimate of drug-likeness (QED) is 0.780. The average Bonchev–Trinajstić information content (AvgIpc) is 2.86. The Kier molecular flexibility index (Phi) is 5.51. The largest absolute Gasteiger partial charge is 0.383 e. The van der Waals surface area contributed by atoms with Gasteiger partial charge >= 0.3 is 6.03 Å². The van der Waals surface area contributed by atoms with Crippen LogP contribution in [0.25, 0.3) is 0 Å². The summed E-state index contributed by atoms with van der Waals surface area (Å²) < 4.78 is 4.81. The van der Waals surface area contributed by atoms with E-state index in [-0.39, 0.29) is 12.5 Å². The Morgan fingerprint density at radius 3 is 3.15 bits per heavy atom. The van der Waals surface area contributed by atoms with Crippen LogP contribution in [0.1, 0.15) is 10.4 Å². The number of imide groups is 1. The normalized spacial score (nSPS) is 14.7. The van der Waals surface area contributed by atoms with E-state index in [1.54, 1.807) is 18.4 Å². The van der Waals surface area contributed by atoms with Gasteiger partial charge in [0.1, 0.15) is 0 Å². The monoisotopic (exact) mass is 297 g/mol. The molecule has 1 aromatic rings. The molecule has 0 bridgehead atoms. The summed E-state index contributed by atoms with van der Waals surface area (Å²) in [6.45, 7) is 2.68. The van der Waals surface area contributed by atoms with Gasteiger partial charge in [-0.05, 0) is 23.4 Å². The van der Waals surface area contributed by atoms with E-state index in [1.807, 2.05) is 4.90 Å². The molecule has 2 heterocycles. The minimum atomic E-state index is -0.472. The number of thiophene rings is 1. The maximum absolute atomic E-state index is 11.8. The molecule has 0 aliphatic carbocycles. The summed E-state index contributed by atoms with van der Waals surface area (Å²) in [6.07, 6.45) is 0.973. The number of carbonyl (C=O) groups excluding carboxylic acids is 2. The zero-order valence-electron chi connectivity index (χ0n) is 11.5. The lowest BCUT2D eigenvalue weighted by atomic mass is 10.1. The second-order valence-electron chi connectivity index (χ2n) is 4.63. The van der Waals surface area contributed by atoms with Crippen LogP contribution >= 0.6 is 11.3 Å². The van der Waals surface area contributed by atoms with E-state index in [0.29, 0.717) is 13.2 Å². The second kappa shape index (κ2) is 7.37. The van der Waals surface area contributed by atoms with Crippen LogP contribution in [0.15, 0.2) is 11.4 Å². The Balaban J connectivity index is 1.71. The van der Waals surface area contributed by atoms with Crippen LogP contribution in [-0.4, -0.2) is 50.2 Å². The number of hydrogen-bond acceptors (Lipinski definition) is 5. The molecule has 20 heavy (non-hydrogen) atoms. The predicted molar refractivity (Wildman–Crippen MR) is 76.7 cm³/mol. The van der Waals surface area contributed by atoms with Crippen molar-refractivity contribution in [3.05, 3.63) is 21.9 Å². The first kappa shape index (κ1) is 15.0. The molecule has 0 saturated heterocycles. The molecule has 0 aromatic carbocycles. The average molecular weight is 297 g/mol. The smallest absolute Gasteiger partial charge is 0.321 e. The highest BCUT2D eigenvalue weighted by Crippen LogP contribution is 2.23. The van der Waals surface area contributed by atoms with E-state index in [4.69, 9.17) is 4.74 Å². The standard InChI is InChI=1S/C13H19N3O3S/c1-19-6-4-14-13(18)15-12(17)9-16-5-2-11-10(8-16)3-7-20-11/h3,7H,2,4-6,8-9H2,1H3,(H2,14,15,17,18). The molecule has 1 aromatic heterocycles. The predicted octanol–water partition coefficient (Wildman–Crippen LogP) is 0.578. The lowest BCUT2D eigenvalue weighted by Crippen LogP contribution is -2.46. The van der Waals surface area contributed by atoms with Gasteiger partial charge in [-0.1, -0.05) is 0 Å². The topological polar surface area (TPSA) is 70.7 Å². The van der Waals surface area contributed by atoms with Crippen molar-refractivity contribution < 1.29 is 14.3 Å². The number of ether oxygens (including phenoxy) is 1. The minimum Gasteiger partial charge on any atom is -0.383 e. The van der Waals surface area contributed by atoms with Gasteiger partial charge in [0, 0.05) is 31.6 Å². The van der Waals surface area contributed by atoms with E-state index in [9.17, 15) is 9.59 Å². The molecule has 1 aliphatic rings. The maximum Gasteiger partial charge on any atom is 0.321 e. The summed E-state index contributed by atoms with van der Waals surface area (Å²) in [5, 5.41) is 6.95. The number of methoxy groups -OCH3 is 1. The molecule has 0 fully saturated rings. The summed E-state index contributed by atoms with van der Waals surface area (Å²) in [5.74, 6) is -0.279. The van der Waals surface area contributed by atoms with Crippen LogP contribution in [0.2, 0.25) is 0 Å². The van der Waals surface area contributed by atoms with Gasteiger partial charge in [0.15, 0.2) is 0 Å². The Morgan fingerprint density at radius 2 is 2.35 bits per heavy atom. The van der Waals surface area contributed by atoms with Gasteiger partial charge < -0.3 is 10.1 Å². The van der Waals surface area contributed by atoms with Gasteiger partial charge in [-0.3, -0.25) is 15.0 Å². The molecule has 0 atom stereocenters. The summed E-state index contributed by atoms with van der Waals surface area (Å²) in [7, 11) is 1.56. The SMILES string of the molecule is COCCNC(=O)NC(=O)CN1CCc2sccc2C1. The van der Waals surface area contributed by atoms with Crippen LogP contribution in [0.3, 0.4) is 0 Å². The van der Waals surface area contributed by atoms with Crippen LogP contribution in [0, 0.1) is 0 Å². The Morgan fingerprint density at radius 1 is 1.50 bits per heavy atom. The first-order chi connectivity index (χ1) is 9.69. The van der Waals surface area contributed by atoms with E-state index in [1.165, 1.54) is 10.4 Å². The van der Waals surface area contributed by atoms with Gasteiger partial charge in [0.05, 0.1) is 13.2 Å². The molecule has 110 valence electrons. The molecule has 0 spiro atoms. The van der Waals surface area contributed by atoms with Crippen molar-refractivity contribution in [1.82, 2.24) is 15.5 Å². The zero-order chi connectivity index (χ0) is 14.4. The molecule has 3 amide bonds. The molecular weight excluding hydrogens is 278 g/mol. The van der Waals surface area contributed by atoms with Crippen LogP contribution in [-0.2, 0) is 22.5 Å². The number of nitrogens with one attached hydrogen (secondary N) is 2. The number of rotatable bonds is 5. The fourth-order valence-electron chi connectivity index (χ4n) is 2.12. The fourth-order valence-corrected chi connectivity index (χ4v) is 3.01. The number of urea groups is 1. The van der Waals surface area contributed by atoms with E-state index in [0.717, 1.165) is 19.5 Å². The summed E-state index contributed by atoms with van der Waals surface area (Å²) in [5.41, 5.74) is 1.29. The van der Waals surface area contributed by atoms with Crippen LogP contribution < -0.4 is 10.6 Å². The number of hydrogen-bond donors (Lipinski definition) is 2. The highest BCUT2D eigenvalue weighted by atomic mass is 32.1. The lowest BCUT2D eigenvalue weighted by molar-refractivity contribution is -0.121. The lowest BCUT2D eigenvalue weighted by Gasteiger charge is -2.25. The zero-order valence-corrected chi connectivity index (χ0v) is 12.3.